The third-order valence-electron chi connectivity index (χ3n) is 5.63. The minimum atomic E-state index is 0.300. The summed E-state index contributed by atoms with van der Waals surface area (Å²) in [6.07, 6.45) is 5.56. The number of rotatable bonds is 4. The van der Waals surface area contributed by atoms with E-state index in [-0.39, 0.29) is 0 Å². The van der Waals surface area contributed by atoms with Crippen molar-refractivity contribution in [1.29, 1.82) is 0 Å². The van der Waals surface area contributed by atoms with E-state index in [9.17, 15) is 4.79 Å². The van der Waals surface area contributed by atoms with Crippen LogP contribution < -0.4 is 5.32 Å². The molecule has 1 saturated heterocycles. The predicted molar refractivity (Wildman–Crippen MR) is 97.7 cm³/mol. The summed E-state index contributed by atoms with van der Waals surface area (Å²) in [4.78, 5) is 14.6. The first-order chi connectivity index (χ1) is 11.8. The van der Waals surface area contributed by atoms with E-state index in [1.807, 2.05) is 0 Å². The van der Waals surface area contributed by atoms with Gasteiger partial charge in [-0.15, -0.1) is 0 Å². The van der Waals surface area contributed by atoms with Crippen LogP contribution in [0.3, 0.4) is 0 Å². The third kappa shape index (κ3) is 3.46. The van der Waals surface area contributed by atoms with Crippen LogP contribution in [0.1, 0.15) is 37.7 Å². The molecule has 1 heterocycles. The number of hydrogen-bond acceptors (Lipinski definition) is 2. The number of nitrogens with zero attached hydrogens (tertiary/aromatic N) is 1. The summed E-state index contributed by atoms with van der Waals surface area (Å²) in [5.41, 5.74) is 1.38. The SMILES string of the molecule is O=C(NC1CCN(Cc2ccc3ccccc3c2)CC1)C1CCC1. The molecular weight excluding hydrogens is 296 g/mol. The van der Waals surface area contributed by atoms with Crippen molar-refractivity contribution in [3.63, 3.8) is 0 Å². The number of piperidine rings is 1. The van der Waals surface area contributed by atoms with Gasteiger partial charge in [-0.1, -0.05) is 42.8 Å². The van der Waals surface area contributed by atoms with Crippen molar-refractivity contribution in [3.8, 4) is 0 Å². The summed E-state index contributed by atoms with van der Waals surface area (Å²) in [7, 11) is 0. The van der Waals surface area contributed by atoms with Crippen LogP contribution in [-0.2, 0) is 11.3 Å². The monoisotopic (exact) mass is 322 g/mol. The fourth-order valence-electron chi connectivity index (χ4n) is 3.82. The molecule has 2 aromatic carbocycles. The lowest BCUT2D eigenvalue weighted by atomic mass is 9.84. The number of likely N-dealkylation sites (tertiary alicyclic amines) is 1. The summed E-state index contributed by atoms with van der Waals surface area (Å²) in [6.45, 7) is 3.15. The van der Waals surface area contributed by atoms with Crippen molar-refractivity contribution < 1.29 is 4.79 Å². The van der Waals surface area contributed by atoms with E-state index >= 15 is 0 Å². The fraction of sp³-hybridized carbons (Fsp3) is 0.476. The largest absolute Gasteiger partial charge is 0.353 e. The van der Waals surface area contributed by atoms with Crippen LogP contribution in [0.25, 0.3) is 10.8 Å². The quantitative estimate of drug-likeness (QED) is 0.930. The van der Waals surface area contributed by atoms with Crippen LogP contribution in [0, 0.1) is 5.92 Å². The Kier molecular flexibility index (Phi) is 4.52. The van der Waals surface area contributed by atoms with E-state index < -0.39 is 0 Å². The molecule has 0 unspecified atom stereocenters. The molecule has 2 aliphatic rings. The Bertz CT molecular complexity index is 715. The first-order valence-corrected chi connectivity index (χ1v) is 9.28. The second-order valence-corrected chi connectivity index (χ2v) is 7.37. The molecule has 3 nitrogen and oxygen atoms in total. The molecule has 2 fully saturated rings. The summed E-state index contributed by atoms with van der Waals surface area (Å²) in [5.74, 6) is 0.606. The van der Waals surface area contributed by atoms with Gasteiger partial charge in [0.1, 0.15) is 0 Å². The molecule has 1 N–H and O–H groups in total. The second kappa shape index (κ2) is 6.94. The van der Waals surface area contributed by atoms with Crippen molar-refractivity contribution in [1.82, 2.24) is 10.2 Å². The molecule has 0 bridgehead atoms. The molecule has 0 spiro atoms. The normalized spacial score (nSPS) is 20.0. The molecule has 2 aromatic rings. The number of carbonyl (C=O) groups is 1. The zero-order valence-electron chi connectivity index (χ0n) is 14.2. The summed E-state index contributed by atoms with van der Waals surface area (Å²) >= 11 is 0. The van der Waals surface area contributed by atoms with Gasteiger partial charge >= 0.3 is 0 Å². The number of carbonyl (C=O) groups excluding carboxylic acids is 1. The molecule has 1 saturated carbocycles. The fourth-order valence-corrected chi connectivity index (χ4v) is 3.82. The average molecular weight is 322 g/mol. The highest BCUT2D eigenvalue weighted by Gasteiger charge is 2.28. The molecule has 24 heavy (non-hydrogen) atoms. The molecule has 0 aromatic heterocycles. The Morgan fingerprint density at radius 3 is 2.46 bits per heavy atom. The highest BCUT2D eigenvalue weighted by atomic mass is 16.2. The second-order valence-electron chi connectivity index (χ2n) is 7.37. The van der Waals surface area contributed by atoms with Gasteiger partial charge in [-0.25, -0.2) is 0 Å². The number of fused-ring (bicyclic) bond motifs is 1. The lowest BCUT2D eigenvalue weighted by Gasteiger charge is -2.34. The van der Waals surface area contributed by atoms with Gasteiger partial charge in [-0.2, -0.15) is 0 Å². The van der Waals surface area contributed by atoms with Crippen LogP contribution in [0.2, 0.25) is 0 Å². The van der Waals surface area contributed by atoms with Gasteiger partial charge in [-0.05, 0) is 48.1 Å². The topological polar surface area (TPSA) is 32.3 Å². The van der Waals surface area contributed by atoms with E-state index in [4.69, 9.17) is 0 Å². The van der Waals surface area contributed by atoms with Gasteiger partial charge in [0.15, 0.2) is 0 Å². The molecule has 0 radical (unpaired) electrons. The summed E-state index contributed by atoms with van der Waals surface area (Å²) in [6, 6.07) is 15.7. The lowest BCUT2D eigenvalue weighted by Crippen LogP contribution is -2.47. The van der Waals surface area contributed by atoms with Gasteiger partial charge in [-0.3, -0.25) is 9.69 Å². The summed E-state index contributed by atoms with van der Waals surface area (Å²) < 4.78 is 0. The first kappa shape index (κ1) is 15.6. The van der Waals surface area contributed by atoms with Crippen LogP contribution >= 0.6 is 0 Å². The van der Waals surface area contributed by atoms with Gasteiger partial charge < -0.3 is 5.32 Å². The van der Waals surface area contributed by atoms with Gasteiger partial charge in [0.25, 0.3) is 0 Å². The maximum absolute atomic E-state index is 12.1. The zero-order chi connectivity index (χ0) is 16.4. The first-order valence-electron chi connectivity index (χ1n) is 9.28. The van der Waals surface area contributed by atoms with Crippen LogP contribution in [0.4, 0.5) is 0 Å². The van der Waals surface area contributed by atoms with Gasteiger partial charge in [0.2, 0.25) is 5.91 Å². The third-order valence-corrected chi connectivity index (χ3v) is 5.63. The summed E-state index contributed by atoms with van der Waals surface area (Å²) in [5, 5.41) is 5.89. The smallest absolute Gasteiger partial charge is 0.223 e. The highest BCUT2D eigenvalue weighted by molar-refractivity contribution is 5.83. The molecule has 4 rings (SSSR count). The van der Waals surface area contributed by atoms with Gasteiger partial charge in [0.05, 0.1) is 0 Å². The highest BCUT2D eigenvalue weighted by Crippen LogP contribution is 2.27. The molecule has 1 aliphatic carbocycles. The predicted octanol–water partition coefficient (Wildman–Crippen LogP) is 3.72. The van der Waals surface area contributed by atoms with E-state index in [0.29, 0.717) is 17.9 Å². The Morgan fingerprint density at radius 2 is 1.75 bits per heavy atom. The van der Waals surface area contributed by atoms with Crippen molar-refractivity contribution in [2.75, 3.05) is 13.1 Å². The molecular formula is C21H26N2O. The Balaban J connectivity index is 1.29. The zero-order valence-corrected chi connectivity index (χ0v) is 14.2. The number of benzene rings is 2. The lowest BCUT2D eigenvalue weighted by molar-refractivity contribution is -0.128. The van der Waals surface area contributed by atoms with Gasteiger partial charge in [0, 0.05) is 31.6 Å². The van der Waals surface area contributed by atoms with E-state index in [0.717, 1.165) is 45.3 Å². The van der Waals surface area contributed by atoms with Crippen molar-refractivity contribution in [2.24, 2.45) is 5.92 Å². The number of nitrogens with one attached hydrogen (secondary N) is 1. The molecule has 1 amide bonds. The number of amides is 1. The van der Waals surface area contributed by atoms with Crippen LogP contribution in [-0.4, -0.2) is 29.9 Å². The van der Waals surface area contributed by atoms with E-state index in [2.05, 4.69) is 52.7 Å². The van der Waals surface area contributed by atoms with E-state index in [1.165, 1.54) is 22.8 Å². The maximum Gasteiger partial charge on any atom is 0.223 e. The Labute approximate surface area is 144 Å². The minimum Gasteiger partial charge on any atom is -0.353 e. The minimum absolute atomic E-state index is 0.300. The van der Waals surface area contributed by atoms with Crippen LogP contribution in [0.15, 0.2) is 42.5 Å². The van der Waals surface area contributed by atoms with Crippen molar-refractivity contribution in [2.45, 2.75) is 44.7 Å². The van der Waals surface area contributed by atoms with Crippen molar-refractivity contribution in [3.05, 3.63) is 48.0 Å². The molecule has 3 heteroatoms. The molecule has 0 atom stereocenters. The maximum atomic E-state index is 12.1. The molecule has 126 valence electrons. The standard InChI is InChI=1S/C21H26N2O/c24-21(18-6-3-7-18)22-20-10-12-23(13-11-20)15-16-8-9-17-4-1-2-5-19(17)14-16/h1-2,4-5,8-9,14,18,20H,3,6-7,10-13,15H2,(H,22,24). The van der Waals surface area contributed by atoms with Crippen molar-refractivity contribution >= 4 is 16.7 Å². The van der Waals surface area contributed by atoms with E-state index in [1.54, 1.807) is 0 Å². The average Bonchev–Trinajstić information content (AvgIpc) is 2.55. The van der Waals surface area contributed by atoms with Crippen LogP contribution in [0.5, 0.6) is 0 Å². The number of hydrogen-bond donors (Lipinski definition) is 1. The Hall–Kier alpha value is -1.87. The Morgan fingerprint density at radius 1 is 1.00 bits per heavy atom. The molecule has 1 aliphatic heterocycles.